The van der Waals surface area contributed by atoms with Crippen LogP contribution in [0, 0.1) is 0 Å². The maximum absolute atomic E-state index is 12.1. The molecule has 1 aliphatic rings. The lowest BCUT2D eigenvalue weighted by Crippen LogP contribution is -2.24. The van der Waals surface area contributed by atoms with E-state index in [9.17, 15) is 4.79 Å². The van der Waals surface area contributed by atoms with Gasteiger partial charge in [-0.3, -0.25) is 9.78 Å². The van der Waals surface area contributed by atoms with Crippen molar-refractivity contribution < 1.29 is 4.79 Å². The van der Waals surface area contributed by atoms with Gasteiger partial charge in [0.1, 0.15) is 0 Å². The molecule has 3 aromatic rings. The molecule has 2 aromatic heterocycles. The van der Waals surface area contributed by atoms with Crippen LogP contribution in [0.5, 0.6) is 0 Å². The number of fused-ring (bicyclic) bond motifs is 3. The Morgan fingerprint density at radius 3 is 2.85 bits per heavy atom. The number of rotatable bonds is 3. The fourth-order valence-corrected chi connectivity index (χ4v) is 3.25. The van der Waals surface area contributed by atoms with Crippen molar-refractivity contribution in [2.75, 3.05) is 24.3 Å². The molecule has 7 nitrogen and oxygen atoms in total. The minimum Gasteiger partial charge on any atom is -0.368 e. The minimum absolute atomic E-state index is 0.254. The molecule has 0 atom stereocenters. The summed E-state index contributed by atoms with van der Waals surface area (Å²) in [4.78, 5) is 18.8. The molecule has 1 aromatic carbocycles. The molecule has 0 saturated carbocycles. The van der Waals surface area contributed by atoms with Crippen molar-refractivity contribution in [2.45, 2.75) is 6.54 Å². The predicted molar refractivity (Wildman–Crippen MR) is 100 cm³/mol. The summed E-state index contributed by atoms with van der Waals surface area (Å²) >= 11 is 0. The Morgan fingerprint density at radius 2 is 2.00 bits per heavy atom. The molecule has 2 N–H and O–H groups in total. The topological polar surface area (TPSA) is 83.0 Å². The lowest BCUT2D eigenvalue weighted by atomic mass is 9.97. The van der Waals surface area contributed by atoms with E-state index in [1.54, 1.807) is 19.3 Å². The van der Waals surface area contributed by atoms with E-state index in [0.29, 0.717) is 5.69 Å². The summed E-state index contributed by atoms with van der Waals surface area (Å²) in [5.74, 6) is -0.286. The molecule has 0 spiro atoms. The first-order chi connectivity index (χ1) is 12.7. The Labute approximate surface area is 151 Å². The van der Waals surface area contributed by atoms with Crippen molar-refractivity contribution in [3.8, 4) is 11.3 Å². The number of benzene rings is 1. The number of hydrogen-bond donors (Lipinski definition) is 2. The van der Waals surface area contributed by atoms with Crippen LogP contribution in [0.25, 0.3) is 11.3 Å². The van der Waals surface area contributed by atoms with Crippen molar-refractivity contribution in [2.24, 2.45) is 0 Å². The van der Waals surface area contributed by atoms with Crippen molar-refractivity contribution in [1.82, 2.24) is 20.5 Å². The molecule has 0 fully saturated rings. The van der Waals surface area contributed by atoms with Gasteiger partial charge in [-0.05, 0) is 23.8 Å². The third-order valence-electron chi connectivity index (χ3n) is 4.40. The molecule has 0 unspecified atom stereocenters. The third kappa shape index (κ3) is 2.63. The maximum atomic E-state index is 12.1. The Hall–Kier alpha value is -3.48. The fraction of sp³-hybridized carbons (Fsp3) is 0.158. The zero-order valence-electron chi connectivity index (χ0n) is 14.5. The second-order valence-corrected chi connectivity index (χ2v) is 6.07. The fourth-order valence-electron chi connectivity index (χ4n) is 3.25. The zero-order valence-corrected chi connectivity index (χ0v) is 14.5. The van der Waals surface area contributed by atoms with Gasteiger partial charge < -0.3 is 15.5 Å². The van der Waals surface area contributed by atoms with Crippen LogP contribution in [-0.2, 0) is 6.54 Å². The van der Waals surface area contributed by atoms with Crippen LogP contribution >= 0.6 is 0 Å². The minimum atomic E-state index is -0.286. The zero-order chi connectivity index (χ0) is 18.1. The van der Waals surface area contributed by atoms with Gasteiger partial charge in [-0.15, -0.1) is 5.10 Å². The van der Waals surface area contributed by atoms with Crippen LogP contribution in [0.15, 0.2) is 48.8 Å². The number of aromatic nitrogens is 3. The van der Waals surface area contributed by atoms with Gasteiger partial charge in [0, 0.05) is 32.4 Å². The largest absolute Gasteiger partial charge is 0.368 e. The summed E-state index contributed by atoms with van der Waals surface area (Å²) in [5, 5.41) is 13.7. The Bertz CT molecular complexity index is 987. The van der Waals surface area contributed by atoms with Crippen molar-refractivity contribution in [3.63, 3.8) is 0 Å². The molecular formula is C19H18N6O. The highest BCUT2D eigenvalue weighted by molar-refractivity contribution is 5.99. The highest BCUT2D eigenvalue weighted by atomic mass is 16.1. The van der Waals surface area contributed by atoms with Crippen LogP contribution in [0.1, 0.15) is 16.1 Å². The maximum Gasteiger partial charge on any atom is 0.273 e. The van der Waals surface area contributed by atoms with Crippen molar-refractivity contribution in [1.29, 1.82) is 0 Å². The Kier molecular flexibility index (Phi) is 3.96. The average Bonchev–Trinajstić information content (AvgIpc) is 2.68. The van der Waals surface area contributed by atoms with Crippen LogP contribution in [-0.4, -0.2) is 35.2 Å². The Balaban J connectivity index is 1.81. The van der Waals surface area contributed by atoms with Crippen molar-refractivity contribution >= 4 is 23.0 Å². The molecule has 0 radical (unpaired) electrons. The number of carbonyl (C=O) groups excluding carboxylic acids is 1. The molecule has 4 rings (SSSR count). The van der Waals surface area contributed by atoms with E-state index in [1.165, 1.54) is 5.56 Å². The number of anilines is 3. The number of pyridine rings is 1. The summed E-state index contributed by atoms with van der Waals surface area (Å²) in [6.07, 6.45) is 3.37. The van der Waals surface area contributed by atoms with E-state index in [-0.39, 0.29) is 11.6 Å². The van der Waals surface area contributed by atoms with E-state index in [4.69, 9.17) is 0 Å². The van der Waals surface area contributed by atoms with Gasteiger partial charge in [-0.1, -0.05) is 18.2 Å². The van der Waals surface area contributed by atoms with Crippen LogP contribution in [0.4, 0.5) is 17.1 Å². The normalized spacial score (nSPS) is 12.2. The first-order valence-electron chi connectivity index (χ1n) is 8.28. The second-order valence-electron chi connectivity index (χ2n) is 6.07. The molecule has 3 heterocycles. The lowest BCUT2D eigenvalue weighted by molar-refractivity contribution is 0.0958. The summed E-state index contributed by atoms with van der Waals surface area (Å²) in [6, 6.07) is 11.8. The average molecular weight is 346 g/mol. The second kappa shape index (κ2) is 6.44. The highest BCUT2D eigenvalue weighted by Crippen LogP contribution is 2.42. The number of hydrogen-bond acceptors (Lipinski definition) is 6. The molecule has 26 heavy (non-hydrogen) atoms. The smallest absolute Gasteiger partial charge is 0.273 e. The van der Waals surface area contributed by atoms with Gasteiger partial charge >= 0.3 is 0 Å². The number of nitrogens with zero attached hydrogens (tertiary/aromatic N) is 4. The van der Waals surface area contributed by atoms with Gasteiger partial charge in [0.15, 0.2) is 5.69 Å². The molecular weight excluding hydrogens is 328 g/mol. The summed E-state index contributed by atoms with van der Waals surface area (Å²) in [5.41, 5.74) is 6.03. The SMILES string of the molecule is CNC(=O)c1nnccc1Nc1cccc2c1N(C)Cc1cccnc1-2. The molecule has 1 amide bonds. The molecule has 0 aliphatic carbocycles. The number of carbonyl (C=O) groups is 1. The van der Waals surface area contributed by atoms with Gasteiger partial charge in [-0.25, -0.2) is 0 Å². The summed E-state index contributed by atoms with van der Waals surface area (Å²) in [7, 11) is 3.62. The molecule has 7 heteroatoms. The lowest BCUT2D eigenvalue weighted by Gasteiger charge is -2.31. The molecule has 0 saturated heterocycles. The quantitative estimate of drug-likeness (QED) is 0.758. The Morgan fingerprint density at radius 1 is 1.12 bits per heavy atom. The van der Waals surface area contributed by atoms with Gasteiger partial charge in [0.05, 0.1) is 29.0 Å². The van der Waals surface area contributed by atoms with Gasteiger partial charge in [0.2, 0.25) is 0 Å². The number of amides is 1. The standard InChI is InChI=1S/C19H18N6O/c1-20-19(26)17-14(8-10-22-24-17)23-15-7-3-6-13-16-12(5-4-9-21-16)11-25(2)18(13)15/h3-10H,11H2,1-2H3,(H,20,26)(H,22,23). The van der Waals surface area contributed by atoms with Gasteiger partial charge in [-0.2, -0.15) is 5.10 Å². The number of nitrogens with one attached hydrogen (secondary N) is 2. The first kappa shape index (κ1) is 16.0. The van der Waals surface area contributed by atoms with E-state index >= 15 is 0 Å². The van der Waals surface area contributed by atoms with Crippen molar-refractivity contribution in [3.05, 3.63) is 60.0 Å². The number of para-hydroxylation sites is 1. The van der Waals surface area contributed by atoms with Gasteiger partial charge in [0.25, 0.3) is 5.91 Å². The molecule has 0 bridgehead atoms. The molecule has 130 valence electrons. The van der Waals surface area contributed by atoms with Crippen LogP contribution in [0.3, 0.4) is 0 Å². The first-order valence-corrected chi connectivity index (χ1v) is 8.28. The van der Waals surface area contributed by atoms with E-state index < -0.39 is 0 Å². The highest BCUT2D eigenvalue weighted by Gasteiger charge is 2.24. The van der Waals surface area contributed by atoms with Crippen LogP contribution in [0.2, 0.25) is 0 Å². The van der Waals surface area contributed by atoms with E-state index in [2.05, 4.69) is 42.8 Å². The third-order valence-corrected chi connectivity index (χ3v) is 4.40. The summed E-state index contributed by atoms with van der Waals surface area (Å²) in [6.45, 7) is 0.770. The van der Waals surface area contributed by atoms with Crippen LogP contribution < -0.4 is 15.5 Å². The van der Waals surface area contributed by atoms with E-state index in [1.807, 2.05) is 31.4 Å². The predicted octanol–water partition coefficient (Wildman–Crippen LogP) is 2.59. The molecule has 1 aliphatic heterocycles. The monoisotopic (exact) mass is 346 g/mol. The summed E-state index contributed by atoms with van der Waals surface area (Å²) < 4.78 is 0. The van der Waals surface area contributed by atoms with E-state index in [0.717, 1.165) is 29.2 Å².